The van der Waals surface area contributed by atoms with Crippen LogP contribution in [0.1, 0.15) is 4.88 Å². The Morgan fingerprint density at radius 1 is 0.750 bits per heavy atom. The Kier molecular flexibility index (Phi) is 7.22. The van der Waals surface area contributed by atoms with Crippen LogP contribution < -0.4 is 9.80 Å². The van der Waals surface area contributed by atoms with Crippen LogP contribution in [-0.2, 0) is 9.47 Å². The van der Waals surface area contributed by atoms with Crippen LogP contribution in [0.5, 0.6) is 0 Å². The first-order valence-electron chi connectivity index (χ1n) is 11.4. The molecule has 36 heavy (non-hydrogen) atoms. The summed E-state index contributed by atoms with van der Waals surface area (Å²) in [6, 6.07) is 15.7. The molecule has 2 saturated heterocycles. The van der Waals surface area contributed by atoms with Gasteiger partial charge in [0.1, 0.15) is 35.0 Å². The zero-order chi connectivity index (χ0) is 24.9. The van der Waals surface area contributed by atoms with Gasteiger partial charge in [0.25, 0.3) is 0 Å². The highest BCUT2D eigenvalue weighted by molar-refractivity contribution is 7.21. The number of hydrogen-bond donors (Lipinski definition) is 0. The summed E-state index contributed by atoms with van der Waals surface area (Å²) >= 11 is 2.83. The predicted octanol–water partition coefficient (Wildman–Crippen LogP) is 3.93. The van der Waals surface area contributed by atoms with E-state index in [1.54, 1.807) is 0 Å². The van der Waals surface area contributed by atoms with Gasteiger partial charge in [0.05, 0.1) is 41.9 Å². The molecule has 5 rings (SSSR count). The van der Waals surface area contributed by atoms with Crippen molar-refractivity contribution in [2.45, 2.75) is 0 Å². The summed E-state index contributed by atoms with van der Waals surface area (Å²) in [5, 5.41) is 30.7. The highest BCUT2D eigenvalue weighted by Gasteiger charge is 2.28. The molecule has 2 aliphatic rings. The van der Waals surface area contributed by atoms with Crippen LogP contribution in [0.15, 0.2) is 35.9 Å². The number of ether oxygens (including phenoxy) is 2. The second kappa shape index (κ2) is 10.9. The van der Waals surface area contributed by atoms with E-state index in [-0.39, 0.29) is 11.1 Å². The first-order chi connectivity index (χ1) is 17.7. The third-order valence-corrected chi connectivity index (χ3v) is 8.13. The molecule has 0 spiro atoms. The van der Waals surface area contributed by atoms with Gasteiger partial charge in [0.15, 0.2) is 10.3 Å². The Morgan fingerprint density at radius 2 is 1.31 bits per heavy atom. The summed E-state index contributed by atoms with van der Waals surface area (Å²) in [4.78, 5) is 15.6. The maximum absolute atomic E-state index is 10.00. The molecule has 0 amide bonds. The molecule has 0 unspecified atom stereocenters. The molecule has 180 valence electrons. The molecule has 9 nitrogen and oxygen atoms in total. The molecule has 11 heteroatoms. The Bertz CT molecular complexity index is 1380. The Hall–Kier alpha value is -3.79. The number of anilines is 2. The fraction of sp³-hybridized carbons (Fsp3) is 0.320. The van der Waals surface area contributed by atoms with E-state index in [1.165, 1.54) is 22.7 Å². The van der Waals surface area contributed by atoms with Gasteiger partial charge in [-0.3, -0.25) is 0 Å². The molecule has 0 N–H and O–H groups in total. The van der Waals surface area contributed by atoms with Crippen LogP contribution >= 0.6 is 22.7 Å². The Morgan fingerprint density at radius 3 is 1.86 bits per heavy atom. The van der Waals surface area contributed by atoms with Crippen molar-refractivity contribution in [1.29, 1.82) is 15.8 Å². The molecule has 2 aliphatic heterocycles. The molecule has 0 aliphatic carbocycles. The van der Waals surface area contributed by atoms with E-state index < -0.39 is 0 Å². The minimum atomic E-state index is -0.227. The van der Waals surface area contributed by atoms with Gasteiger partial charge in [0, 0.05) is 31.7 Å². The largest absolute Gasteiger partial charge is 0.378 e. The van der Waals surface area contributed by atoms with E-state index >= 15 is 0 Å². The minimum absolute atomic E-state index is 0.0346. The number of nitriles is 3. The standard InChI is InChI=1S/C25H21N7O2S2/c26-14-18(15-27)19(16-28)22-21(30-25(35-22)32-8-12-34-13-9-32)23-20(17-4-2-1-3-5-17)29-24(36-23)31-6-10-33-11-7-31/h1-5H,6-13H2. The van der Waals surface area contributed by atoms with Crippen LogP contribution in [0, 0.1) is 34.0 Å². The van der Waals surface area contributed by atoms with Crippen LogP contribution in [0.2, 0.25) is 0 Å². The first-order valence-corrected chi connectivity index (χ1v) is 13.0. The second-order valence-corrected chi connectivity index (χ2v) is 9.95. The predicted molar refractivity (Wildman–Crippen MR) is 138 cm³/mol. The van der Waals surface area contributed by atoms with E-state index in [2.05, 4.69) is 15.9 Å². The molecule has 2 aromatic heterocycles. The van der Waals surface area contributed by atoms with E-state index in [0.29, 0.717) is 50.1 Å². The molecular weight excluding hydrogens is 494 g/mol. The number of aromatic nitrogens is 2. The highest BCUT2D eigenvalue weighted by Crippen LogP contribution is 2.46. The first kappa shape index (κ1) is 23.9. The smallest absolute Gasteiger partial charge is 0.186 e. The van der Waals surface area contributed by atoms with Crippen molar-refractivity contribution >= 4 is 38.5 Å². The van der Waals surface area contributed by atoms with Gasteiger partial charge < -0.3 is 19.3 Å². The number of hydrogen-bond acceptors (Lipinski definition) is 11. The van der Waals surface area contributed by atoms with Gasteiger partial charge in [-0.1, -0.05) is 53.0 Å². The molecule has 0 saturated carbocycles. The monoisotopic (exact) mass is 515 g/mol. The fourth-order valence-corrected chi connectivity index (χ4v) is 6.36. The summed E-state index contributed by atoms with van der Waals surface area (Å²) in [7, 11) is 0. The summed E-state index contributed by atoms with van der Waals surface area (Å²) < 4.78 is 11.0. The molecule has 0 atom stereocenters. The Balaban J connectivity index is 1.72. The topological polar surface area (TPSA) is 122 Å². The van der Waals surface area contributed by atoms with Crippen molar-refractivity contribution in [2.24, 2.45) is 0 Å². The van der Waals surface area contributed by atoms with Crippen molar-refractivity contribution in [1.82, 2.24) is 9.97 Å². The van der Waals surface area contributed by atoms with Crippen LogP contribution in [0.4, 0.5) is 10.3 Å². The maximum atomic E-state index is 10.00. The number of morpholine rings is 2. The van der Waals surface area contributed by atoms with Gasteiger partial charge in [-0.25, -0.2) is 9.97 Å². The molecule has 0 radical (unpaired) electrons. The maximum Gasteiger partial charge on any atom is 0.186 e. The number of rotatable bonds is 5. The van der Waals surface area contributed by atoms with Crippen molar-refractivity contribution in [3.63, 3.8) is 0 Å². The lowest BCUT2D eigenvalue weighted by molar-refractivity contribution is 0.122. The van der Waals surface area contributed by atoms with Crippen LogP contribution in [0.25, 0.3) is 27.4 Å². The third kappa shape index (κ3) is 4.68. The number of nitrogens with zero attached hydrogens (tertiary/aromatic N) is 7. The van der Waals surface area contributed by atoms with E-state index in [1.807, 2.05) is 42.5 Å². The van der Waals surface area contributed by atoms with Crippen molar-refractivity contribution < 1.29 is 9.47 Å². The van der Waals surface area contributed by atoms with Crippen molar-refractivity contribution in [2.75, 3.05) is 62.4 Å². The van der Waals surface area contributed by atoms with Crippen LogP contribution in [0.3, 0.4) is 0 Å². The molecule has 0 bridgehead atoms. The van der Waals surface area contributed by atoms with E-state index in [0.717, 1.165) is 39.5 Å². The number of benzene rings is 1. The van der Waals surface area contributed by atoms with Gasteiger partial charge in [-0.2, -0.15) is 15.8 Å². The van der Waals surface area contributed by atoms with Gasteiger partial charge in [0.2, 0.25) is 0 Å². The molecular formula is C25H21N7O2S2. The van der Waals surface area contributed by atoms with Crippen LogP contribution in [-0.4, -0.2) is 62.6 Å². The SMILES string of the molecule is N#CC(C#N)=C(C#N)c1sc(N2CCOCC2)nc1-c1sc(N2CCOCC2)nc1-c1ccccc1. The molecule has 3 aromatic rings. The second-order valence-electron chi connectivity index (χ2n) is 8.00. The molecule has 4 heterocycles. The summed E-state index contributed by atoms with van der Waals surface area (Å²) in [5.74, 6) is 0. The lowest BCUT2D eigenvalue weighted by Crippen LogP contribution is -2.36. The van der Waals surface area contributed by atoms with Gasteiger partial charge >= 0.3 is 0 Å². The fourth-order valence-electron chi connectivity index (χ4n) is 4.03. The van der Waals surface area contributed by atoms with Crippen molar-refractivity contribution in [3.8, 4) is 40.0 Å². The summed E-state index contributed by atoms with van der Waals surface area (Å²) in [5.41, 5.74) is 2.06. The molecule has 2 fully saturated rings. The van der Waals surface area contributed by atoms with E-state index in [4.69, 9.17) is 19.4 Å². The normalized spacial score (nSPS) is 15.6. The minimum Gasteiger partial charge on any atom is -0.378 e. The van der Waals surface area contributed by atoms with Crippen molar-refractivity contribution in [3.05, 3.63) is 40.8 Å². The third-order valence-electron chi connectivity index (χ3n) is 5.87. The summed E-state index contributed by atoms with van der Waals surface area (Å²) in [6.45, 7) is 5.26. The average Bonchev–Trinajstić information content (AvgIpc) is 3.58. The zero-order valence-electron chi connectivity index (χ0n) is 19.3. The van der Waals surface area contributed by atoms with Gasteiger partial charge in [-0.05, 0) is 0 Å². The quantitative estimate of drug-likeness (QED) is 0.465. The Labute approximate surface area is 216 Å². The average molecular weight is 516 g/mol. The number of allylic oxidation sites excluding steroid dienone is 2. The van der Waals surface area contributed by atoms with E-state index in [9.17, 15) is 15.8 Å². The highest BCUT2D eigenvalue weighted by atomic mass is 32.1. The summed E-state index contributed by atoms with van der Waals surface area (Å²) in [6.07, 6.45) is 0. The molecule has 1 aromatic carbocycles. The lowest BCUT2D eigenvalue weighted by Gasteiger charge is -2.26. The zero-order valence-corrected chi connectivity index (χ0v) is 20.9. The van der Waals surface area contributed by atoms with Gasteiger partial charge in [-0.15, -0.1) is 0 Å². The number of thiazole rings is 2. The lowest BCUT2D eigenvalue weighted by atomic mass is 10.1.